The molecule has 0 aromatic carbocycles. The van der Waals surface area contributed by atoms with Gasteiger partial charge in [-0.1, -0.05) is 27.7 Å². The summed E-state index contributed by atoms with van der Waals surface area (Å²) in [4.78, 5) is 10.9. The number of halogens is 3. The van der Waals surface area contributed by atoms with Crippen molar-refractivity contribution in [3.8, 4) is 0 Å². The molecule has 1 aromatic heterocycles. The highest BCUT2D eigenvalue weighted by molar-refractivity contribution is 14.1. The molecule has 1 heterocycles. The van der Waals surface area contributed by atoms with Crippen molar-refractivity contribution in [2.24, 2.45) is 0 Å². The average Bonchev–Trinajstić information content (AvgIpc) is 2.48. The first-order valence-electron chi connectivity index (χ1n) is 3.68. The lowest BCUT2D eigenvalue weighted by Crippen LogP contribution is -2.16. The zero-order chi connectivity index (χ0) is 10.7. The van der Waals surface area contributed by atoms with E-state index in [4.69, 9.17) is 0 Å². The molecule has 0 saturated heterocycles. The third-order valence-electron chi connectivity index (χ3n) is 1.58. The fourth-order valence-electron chi connectivity index (χ4n) is 0.812. The summed E-state index contributed by atoms with van der Waals surface area (Å²) >= 11 is 1.69. The third kappa shape index (κ3) is 2.40. The Morgan fingerprint density at radius 3 is 2.64 bits per heavy atom. The van der Waals surface area contributed by atoms with E-state index < -0.39 is 24.0 Å². The Kier molecular flexibility index (Phi) is 3.78. The Balaban J connectivity index is 2.95. The average molecular weight is 316 g/mol. The van der Waals surface area contributed by atoms with Crippen LogP contribution < -0.4 is 5.76 Å². The molecule has 0 spiro atoms. The summed E-state index contributed by atoms with van der Waals surface area (Å²) in [5.41, 5.74) is 0. The van der Waals surface area contributed by atoms with Crippen LogP contribution in [0.15, 0.2) is 21.0 Å². The SMILES string of the molecule is Cc1noc(=O)n1CC(F)=C(F)CI. The van der Waals surface area contributed by atoms with Gasteiger partial charge in [-0.05, 0) is 6.92 Å². The fraction of sp³-hybridized carbons (Fsp3) is 0.429. The highest BCUT2D eigenvalue weighted by atomic mass is 127. The molecule has 0 unspecified atom stereocenters. The second-order valence-electron chi connectivity index (χ2n) is 2.53. The lowest BCUT2D eigenvalue weighted by atomic mass is 10.4. The topological polar surface area (TPSA) is 48.0 Å². The van der Waals surface area contributed by atoms with Crippen LogP contribution in [0.3, 0.4) is 0 Å². The molecule has 14 heavy (non-hydrogen) atoms. The minimum Gasteiger partial charge on any atom is -0.296 e. The van der Waals surface area contributed by atoms with Crippen molar-refractivity contribution in [3.63, 3.8) is 0 Å². The van der Waals surface area contributed by atoms with Crippen molar-refractivity contribution in [3.05, 3.63) is 28.0 Å². The molecule has 1 rings (SSSR count). The van der Waals surface area contributed by atoms with Crippen LogP contribution in [0.25, 0.3) is 0 Å². The maximum absolute atomic E-state index is 13.0. The number of rotatable bonds is 3. The molecule has 0 saturated carbocycles. The van der Waals surface area contributed by atoms with Gasteiger partial charge in [-0.2, -0.15) is 0 Å². The van der Waals surface area contributed by atoms with Gasteiger partial charge in [-0.3, -0.25) is 9.09 Å². The summed E-state index contributed by atoms with van der Waals surface area (Å²) in [7, 11) is 0. The minimum absolute atomic E-state index is 0.0668. The predicted octanol–water partition coefficient (Wildman–Crippen LogP) is 1.73. The molecule has 1 aromatic rings. The van der Waals surface area contributed by atoms with Crippen LogP contribution >= 0.6 is 22.6 Å². The zero-order valence-electron chi connectivity index (χ0n) is 7.26. The number of nitrogens with zero attached hydrogens (tertiary/aromatic N) is 2. The number of alkyl halides is 1. The molecular weight excluding hydrogens is 309 g/mol. The first-order chi connectivity index (χ1) is 6.56. The summed E-state index contributed by atoms with van der Waals surface area (Å²) in [6, 6.07) is 0. The number of hydrogen-bond donors (Lipinski definition) is 0. The predicted molar refractivity (Wildman–Crippen MR) is 53.6 cm³/mol. The molecule has 78 valence electrons. The van der Waals surface area contributed by atoms with Gasteiger partial charge in [0.1, 0.15) is 5.83 Å². The van der Waals surface area contributed by atoms with Gasteiger partial charge < -0.3 is 0 Å². The molecule has 0 amide bonds. The molecule has 4 nitrogen and oxygen atoms in total. The quantitative estimate of drug-likeness (QED) is 0.630. The molecule has 0 radical (unpaired) electrons. The van der Waals surface area contributed by atoms with E-state index in [-0.39, 0.29) is 10.3 Å². The van der Waals surface area contributed by atoms with Gasteiger partial charge in [0.2, 0.25) is 0 Å². The third-order valence-corrected chi connectivity index (χ3v) is 2.25. The summed E-state index contributed by atoms with van der Waals surface area (Å²) in [6.07, 6.45) is 0. The van der Waals surface area contributed by atoms with E-state index in [1.54, 1.807) is 22.6 Å². The Hall–Kier alpha value is -0.730. The molecule has 0 bridgehead atoms. The van der Waals surface area contributed by atoms with E-state index in [0.29, 0.717) is 0 Å². The zero-order valence-corrected chi connectivity index (χ0v) is 9.42. The van der Waals surface area contributed by atoms with E-state index in [2.05, 4.69) is 9.68 Å². The van der Waals surface area contributed by atoms with Crippen molar-refractivity contribution in [2.75, 3.05) is 4.43 Å². The van der Waals surface area contributed by atoms with E-state index >= 15 is 0 Å². The Bertz CT molecular complexity index is 410. The van der Waals surface area contributed by atoms with Crippen LogP contribution in [0.5, 0.6) is 0 Å². The van der Waals surface area contributed by atoms with Crippen molar-refractivity contribution in [1.82, 2.24) is 9.72 Å². The minimum atomic E-state index is -0.979. The van der Waals surface area contributed by atoms with Crippen molar-refractivity contribution < 1.29 is 13.3 Å². The largest absolute Gasteiger partial charge is 0.441 e. The summed E-state index contributed by atoms with van der Waals surface area (Å²) in [5, 5.41) is 3.32. The summed E-state index contributed by atoms with van der Waals surface area (Å²) in [5.74, 6) is -2.43. The van der Waals surface area contributed by atoms with Crippen LogP contribution in [0.2, 0.25) is 0 Å². The van der Waals surface area contributed by atoms with Gasteiger partial charge in [-0.15, -0.1) is 0 Å². The van der Waals surface area contributed by atoms with Gasteiger partial charge in [0, 0.05) is 0 Å². The maximum Gasteiger partial charge on any atom is 0.441 e. The van der Waals surface area contributed by atoms with Crippen LogP contribution in [-0.2, 0) is 6.54 Å². The van der Waals surface area contributed by atoms with Crippen molar-refractivity contribution in [1.29, 1.82) is 0 Å². The van der Waals surface area contributed by atoms with Crippen LogP contribution in [0.4, 0.5) is 8.78 Å². The number of aryl methyl sites for hydroxylation is 1. The van der Waals surface area contributed by atoms with Crippen molar-refractivity contribution >= 4 is 22.6 Å². The second-order valence-corrected chi connectivity index (χ2v) is 3.29. The fourth-order valence-corrected chi connectivity index (χ4v) is 1.23. The molecule has 0 aliphatic carbocycles. The van der Waals surface area contributed by atoms with Gasteiger partial charge in [0.05, 0.1) is 11.0 Å². The smallest absolute Gasteiger partial charge is 0.296 e. The molecule has 0 aliphatic heterocycles. The molecule has 0 fully saturated rings. The summed E-state index contributed by atoms with van der Waals surface area (Å²) < 4.78 is 30.8. The monoisotopic (exact) mass is 316 g/mol. The van der Waals surface area contributed by atoms with Gasteiger partial charge in [0.25, 0.3) is 0 Å². The molecule has 0 aliphatic rings. The normalized spacial score (nSPS) is 12.9. The second kappa shape index (κ2) is 4.67. The Morgan fingerprint density at radius 2 is 2.21 bits per heavy atom. The highest BCUT2D eigenvalue weighted by Gasteiger charge is 2.11. The molecule has 0 atom stereocenters. The van der Waals surface area contributed by atoms with E-state index in [1.807, 2.05) is 0 Å². The van der Waals surface area contributed by atoms with Crippen LogP contribution in [0, 0.1) is 6.92 Å². The molecular formula is C7H7F2IN2O2. The molecule has 0 N–H and O–H groups in total. The van der Waals surface area contributed by atoms with Gasteiger partial charge in [-0.25, -0.2) is 13.6 Å². The molecule has 7 heteroatoms. The highest BCUT2D eigenvalue weighted by Crippen LogP contribution is 2.12. The number of allylic oxidation sites excluding steroid dienone is 2. The number of hydrogen-bond acceptors (Lipinski definition) is 3. The standard InChI is InChI=1S/C7H7F2IN2O2/c1-4-11-14-7(13)12(4)3-6(9)5(8)2-10/h2-3H2,1H3. The van der Waals surface area contributed by atoms with E-state index in [9.17, 15) is 13.6 Å². The Morgan fingerprint density at radius 1 is 1.57 bits per heavy atom. The first kappa shape index (κ1) is 11.3. The van der Waals surface area contributed by atoms with E-state index in [0.717, 1.165) is 4.57 Å². The Labute approximate surface area is 91.7 Å². The van der Waals surface area contributed by atoms with Crippen LogP contribution in [-0.4, -0.2) is 14.2 Å². The van der Waals surface area contributed by atoms with Gasteiger partial charge in [0.15, 0.2) is 11.7 Å². The van der Waals surface area contributed by atoms with Crippen LogP contribution in [0.1, 0.15) is 5.82 Å². The lowest BCUT2D eigenvalue weighted by Gasteiger charge is -1.99. The van der Waals surface area contributed by atoms with Gasteiger partial charge >= 0.3 is 5.76 Å². The van der Waals surface area contributed by atoms with E-state index in [1.165, 1.54) is 6.92 Å². The van der Waals surface area contributed by atoms with Crippen molar-refractivity contribution in [2.45, 2.75) is 13.5 Å². The summed E-state index contributed by atoms with van der Waals surface area (Å²) in [6.45, 7) is 1.00. The lowest BCUT2D eigenvalue weighted by molar-refractivity contribution is 0.372. The number of aromatic nitrogens is 2. The maximum atomic E-state index is 13.0. The first-order valence-corrected chi connectivity index (χ1v) is 5.21.